The molecule has 1 aliphatic carbocycles. The minimum atomic E-state index is -0.455. The highest BCUT2D eigenvalue weighted by Crippen LogP contribution is 2.19. The summed E-state index contributed by atoms with van der Waals surface area (Å²) in [6.45, 7) is 6.31. The summed E-state index contributed by atoms with van der Waals surface area (Å²) in [5.41, 5.74) is 0.445. The second-order valence-corrected chi connectivity index (χ2v) is 6.58. The Morgan fingerprint density at radius 2 is 2.19 bits per heavy atom. The number of ether oxygens (including phenoxy) is 1. The van der Waals surface area contributed by atoms with Crippen LogP contribution in [0.3, 0.4) is 0 Å². The first-order valence-electron chi connectivity index (χ1n) is 7.54. The Bertz CT molecular complexity index is 440. The second-order valence-electron chi connectivity index (χ2n) is 6.58. The number of hydrogen-bond acceptors (Lipinski definition) is 5. The molecule has 1 amide bonds. The van der Waals surface area contributed by atoms with Crippen LogP contribution in [-0.2, 0) is 11.3 Å². The van der Waals surface area contributed by atoms with Crippen molar-refractivity contribution in [2.24, 2.45) is 0 Å². The van der Waals surface area contributed by atoms with Gasteiger partial charge in [-0.15, -0.1) is 0 Å². The van der Waals surface area contributed by atoms with Gasteiger partial charge in [0, 0.05) is 24.7 Å². The maximum Gasteiger partial charge on any atom is 0.407 e. The molecule has 6 nitrogen and oxygen atoms in total. The minimum absolute atomic E-state index is 0.170. The van der Waals surface area contributed by atoms with E-state index in [1.165, 1.54) is 0 Å². The van der Waals surface area contributed by atoms with Gasteiger partial charge in [-0.2, -0.15) is 0 Å². The molecule has 1 aliphatic rings. The summed E-state index contributed by atoms with van der Waals surface area (Å²) >= 11 is 0. The van der Waals surface area contributed by atoms with Gasteiger partial charge in [-0.3, -0.25) is 0 Å². The fourth-order valence-electron chi connectivity index (χ4n) is 2.56. The number of alkyl carbamates (subject to hydrolysis) is 1. The van der Waals surface area contributed by atoms with E-state index in [-0.39, 0.29) is 12.1 Å². The van der Waals surface area contributed by atoms with Gasteiger partial charge in [0.1, 0.15) is 11.9 Å². The number of carbonyl (C=O) groups is 1. The van der Waals surface area contributed by atoms with Crippen LogP contribution in [0.1, 0.15) is 52.1 Å². The molecule has 21 heavy (non-hydrogen) atoms. The molecule has 1 aromatic heterocycles. The van der Waals surface area contributed by atoms with Crippen molar-refractivity contribution in [2.45, 2.75) is 70.7 Å². The van der Waals surface area contributed by atoms with Gasteiger partial charge >= 0.3 is 6.09 Å². The molecule has 0 aromatic carbocycles. The second kappa shape index (κ2) is 6.93. The van der Waals surface area contributed by atoms with E-state index < -0.39 is 5.60 Å². The van der Waals surface area contributed by atoms with Crippen LogP contribution in [0.25, 0.3) is 0 Å². The zero-order chi connectivity index (χ0) is 15.3. The summed E-state index contributed by atoms with van der Waals surface area (Å²) < 4.78 is 10.1. The van der Waals surface area contributed by atoms with Crippen LogP contribution in [0, 0.1) is 0 Å². The lowest BCUT2D eigenvalue weighted by Crippen LogP contribution is -2.45. The highest BCUT2D eigenvalue weighted by Gasteiger charge is 2.25. The molecule has 0 spiro atoms. The molecule has 0 aliphatic heterocycles. The van der Waals surface area contributed by atoms with Crippen molar-refractivity contribution in [3.8, 4) is 0 Å². The van der Waals surface area contributed by atoms with E-state index in [1.807, 2.05) is 26.8 Å². The maximum absolute atomic E-state index is 11.8. The third kappa shape index (κ3) is 5.75. The van der Waals surface area contributed by atoms with E-state index in [2.05, 4.69) is 15.8 Å². The third-order valence-corrected chi connectivity index (χ3v) is 3.46. The number of hydrogen-bond donors (Lipinski definition) is 2. The summed E-state index contributed by atoms with van der Waals surface area (Å²) in [6.07, 6.45) is 5.37. The van der Waals surface area contributed by atoms with Gasteiger partial charge in [0.2, 0.25) is 0 Å². The first kappa shape index (κ1) is 15.8. The van der Waals surface area contributed by atoms with Crippen molar-refractivity contribution in [3.05, 3.63) is 18.0 Å². The summed E-state index contributed by atoms with van der Waals surface area (Å²) in [5, 5.41) is 10.3. The van der Waals surface area contributed by atoms with Crippen molar-refractivity contribution < 1.29 is 14.1 Å². The van der Waals surface area contributed by atoms with Gasteiger partial charge in [-0.25, -0.2) is 4.79 Å². The largest absolute Gasteiger partial charge is 0.444 e. The molecule has 2 N–H and O–H groups in total. The first-order valence-corrected chi connectivity index (χ1v) is 7.54. The molecular weight excluding hydrogens is 270 g/mol. The molecule has 6 heteroatoms. The van der Waals surface area contributed by atoms with E-state index in [9.17, 15) is 4.79 Å². The predicted octanol–water partition coefficient (Wildman–Crippen LogP) is 2.60. The Kier molecular flexibility index (Phi) is 5.22. The fourth-order valence-corrected chi connectivity index (χ4v) is 2.56. The lowest BCUT2D eigenvalue weighted by atomic mass is 9.91. The van der Waals surface area contributed by atoms with Crippen LogP contribution in [0.2, 0.25) is 0 Å². The molecule has 0 radical (unpaired) electrons. The molecule has 0 bridgehead atoms. The third-order valence-electron chi connectivity index (χ3n) is 3.46. The lowest BCUT2D eigenvalue weighted by molar-refractivity contribution is 0.0488. The normalized spacial score (nSPS) is 22.8. The molecular formula is C15H25N3O3. The van der Waals surface area contributed by atoms with Crippen LogP contribution >= 0.6 is 0 Å². The highest BCUT2D eigenvalue weighted by atomic mass is 16.6. The quantitative estimate of drug-likeness (QED) is 0.893. The zero-order valence-corrected chi connectivity index (χ0v) is 13.0. The predicted molar refractivity (Wildman–Crippen MR) is 78.8 cm³/mol. The molecule has 1 heterocycles. The smallest absolute Gasteiger partial charge is 0.407 e. The highest BCUT2D eigenvalue weighted by molar-refractivity contribution is 5.68. The van der Waals surface area contributed by atoms with Crippen LogP contribution in [0.15, 0.2) is 16.9 Å². The van der Waals surface area contributed by atoms with E-state index >= 15 is 0 Å². The van der Waals surface area contributed by atoms with Crippen LogP contribution in [0.5, 0.6) is 0 Å². The van der Waals surface area contributed by atoms with Crippen molar-refractivity contribution in [3.63, 3.8) is 0 Å². The molecule has 0 saturated heterocycles. The van der Waals surface area contributed by atoms with Crippen molar-refractivity contribution >= 4 is 6.09 Å². The van der Waals surface area contributed by atoms with Crippen molar-refractivity contribution in [1.29, 1.82) is 0 Å². The van der Waals surface area contributed by atoms with Gasteiger partial charge in [0.05, 0.1) is 5.69 Å². The van der Waals surface area contributed by atoms with E-state index in [1.54, 1.807) is 6.26 Å². The lowest BCUT2D eigenvalue weighted by Gasteiger charge is -2.31. The number of carbonyl (C=O) groups excluding carboxylic acids is 1. The van der Waals surface area contributed by atoms with Crippen LogP contribution in [0.4, 0.5) is 4.79 Å². The standard InChI is InChI=1S/C15H25N3O3/c1-15(2,3)21-14(19)17-12-6-4-5-11(9-12)16-10-13-7-8-20-18-13/h7-8,11-12,16H,4-6,9-10H2,1-3H3,(H,17,19). The Labute approximate surface area is 125 Å². The Morgan fingerprint density at radius 1 is 1.43 bits per heavy atom. The van der Waals surface area contributed by atoms with Crippen molar-refractivity contribution in [1.82, 2.24) is 15.8 Å². The minimum Gasteiger partial charge on any atom is -0.444 e. The fraction of sp³-hybridized carbons (Fsp3) is 0.733. The summed E-state index contributed by atoms with van der Waals surface area (Å²) in [7, 11) is 0. The molecule has 1 saturated carbocycles. The van der Waals surface area contributed by atoms with E-state index in [0.29, 0.717) is 12.6 Å². The van der Waals surface area contributed by atoms with Gasteiger partial charge in [-0.1, -0.05) is 5.16 Å². The monoisotopic (exact) mass is 295 g/mol. The van der Waals surface area contributed by atoms with Crippen molar-refractivity contribution in [2.75, 3.05) is 0 Å². The molecule has 2 rings (SSSR count). The molecule has 2 unspecified atom stereocenters. The summed E-state index contributed by atoms with van der Waals surface area (Å²) in [4.78, 5) is 11.8. The van der Waals surface area contributed by atoms with E-state index in [4.69, 9.17) is 9.26 Å². The number of aromatic nitrogens is 1. The number of amides is 1. The average Bonchev–Trinajstić information content (AvgIpc) is 2.87. The topological polar surface area (TPSA) is 76.4 Å². The number of nitrogens with zero attached hydrogens (tertiary/aromatic N) is 1. The first-order chi connectivity index (χ1) is 9.92. The molecule has 1 aromatic rings. The SMILES string of the molecule is CC(C)(C)OC(=O)NC1CCCC(NCc2ccon2)C1. The summed E-state index contributed by atoms with van der Waals surface area (Å²) in [5.74, 6) is 0. The average molecular weight is 295 g/mol. The number of rotatable bonds is 4. The molecule has 1 fully saturated rings. The summed E-state index contributed by atoms with van der Waals surface area (Å²) in [6, 6.07) is 2.41. The van der Waals surface area contributed by atoms with Gasteiger partial charge in [0.25, 0.3) is 0 Å². The van der Waals surface area contributed by atoms with Crippen LogP contribution < -0.4 is 10.6 Å². The Morgan fingerprint density at radius 3 is 2.86 bits per heavy atom. The molecule has 2 atom stereocenters. The molecule has 118 valence electrons. The Hall–Kier alpha value is -1.56. The van der Waals surface area contributed by atoms with Gasteiger partial charge in [0.15, 0.2) is 0 Å². The Balaban J connectivity index is 1.74. The maximum atomic E-state index is 11.8. The zero-order valence-electron chi connectivity index (χ0n) is 13.0. The number of nitrogens with one attached hydrogen (secondary N) is 2. The van der Waals surface area contributed by atoms with E-state index in [0.717, 1.165) is 31.4 Å². The van der Waals surface area contributed by atoms with Gasteiger partial charge in [-0.05, 0) is 46.5 Å². The van der Waals surface area contributed by atoms with Gasteiger partial charge < -0.3 is 19.9 Å². The van der Waals surface area contributed by atoms with Crippen LogP contribution in [-0.4, -0.2) is 28.9 Å².